The number of benzene rings is 1. The molecule has 0 aromatic heterocycles. The smallest absolute Gasteiger partial charge is 0.337 e. The topological polar surface area (TPSA) is 64.6 Å². The van der Waals surface area contributed by atoms with E-state index in [1.54, 1.807) is 0 Å². The number of nitrogens with one attached hydrogen (secondary N) is 1. The molecule has 5 nitrogen and oxygen atoms in total. The Labute approximate surface area is 181 Å². The number of carbonyl (C=O) groups excluding carboxylic acids is 2. The van der Waals surface area contributed by atoms with E-state index in [1.165, 1.54) is 0 Å². The van der Waals surface area contributed by atoms with Crippen LogP contribution in [0.5, 0.6) is 0 Å². The summed E-state index contributed by atoms with van der Waals surface area (Å²) in [6.45, 7) is 14.6. The third-order valence-corrected chi connectivity index (χ3v) is 4.94. The van der Waals surface area contributed by atoms with Crippen LogP contribution < -0.4 is 5.32 Å². The monoisotopic (exact) mass is 463 g/mol. The number of carbonyl (C=O) groups is 2. The van der Waals surface area contributed by atoms with Gasteiger partial charge in [-0.3, -0.25) is 0 Å². The van der Waals surface area contributed by atoms with E-state index in [-0.39, 0.29) is 0 Å². The van der Waals surface area contributed by atoms with Gasteiger partial charge in [0.2, 0.25) is 0 Å². The molecule has 1 aliphatic rings. The van der Waals surface area contributed by atoms with E-state index in [2.05, 4.69) is 21.2 Å². The third-order valence-electron chi connectivity index (χ3n) is 4.21. The van der Waals surface area contributed by atoms with Crippen molar-refractivity contribution >= 4 is 27.9 Å². The van der Waals surface area contributed by atoms with Gasteiger partial charge in [-0.25, -0.2) is 9.59 Å². The molecule has 0 bridgehead atoms. The van der Waals surface area contributed by atoms with Crippen molar-refractivity contribution in [2.75, 3.05) is 0 Å². The maximum atomic E-state index is 13.2. The maximum absolute atomic E-state index is 13.2. The van der Waals surface area contributed by atoms with Gasteiger partial charge in [-0.1, -0.05) is 34.1 Å². The van der Waals surface area contributed by atoms with Gasteiger partial charge >= 0.3 is 11.9 Å². The zero-order valence-electron chi connectivity index (χ0n) is 18.4. The fourth-order valence-electron chi connectivity index (χ4n) is 3.22. The Morgan fingerprint density at radius 3 is 1.66 bits per heavy atom. The molecule has 29 heavy (non-hydrogen) atoms. The van der Waals surface area contributed by atoms with Crippen molar-refractivity contribution in [1.82, 2.24) is 5.32 Å². The van der Waals surface area contributed by atoms with E-state index in [9.17, 15) is 9.59 Å². The van der Waals surface area contributed by atoms with Crippen LogP contribution in [0.3, 0.4) is 0 Å². The Kier molecular flexibility index (Phi) is 6.68. The molecular formula is C23H30BrNO4. The number of hydrogen-bond donors (Lipinski definition) is 1. The molecule has 0 saturated heterocycles. The fraction of sp³-hybridized carbons (Fsp3) is 0.478. The van der Waals surface area contributed by atoms with Crippen LogP contribution >= 0.6 is 15.9 Å². The van der Waals surface area contributed by atoms with Gasteiger partial charge in [-0.15, -0.1) is 0 Å². The van der Waals surface area contributed by atoms with Crippen LogP contribution in [-0.4, -0.2) is 23.1 Å². The van der Waals surface area contributed by atoms with Gasteiger partial charge in [0, 0.05) is 15.9 Å². The van der Waals surface area contributed by atoms with E-state index in [1.807, 2.05) is 79.7 Å². The predicted molar refractivity (Wildman–Crippen MR) is 117 cm³/mol. The first-order chi connectivity index (χ1) is 13.2. The lowest BCUT2D eigenvalue weighted by atomic mass is 9.80. The number of dihydropyridines is 1. The molecule has 0 saturated carbocycles. The number of ether oxygens (including phenoxy) is 2. The highest BCUT2D eigenvalue weighted by Gasteiger charge is 2.40. The van der Waals surface area contributed by atoms with Gasteiger partial charge < -0.3 is 14.8 Å². The first-order valence-corrected chi connectivity index (χ1v) is 10.4. The van der Waals surface area contributed by atoms with Gasteiger partial charge in [-0.2, -0.15) is 0 Å². The summed E-state index contributed by atoms with van der Waals surface area (Å²) >= 11 is 3.58. The third kappa shape index (κ3) is 5.72. The van der Waals surface area contributed by atoms with Crippen LogP contribution in [0.2, 0.25) is 0 Å². The molecule has 0 amide bonds. The second-order valence-electron chi connectivity index (χ2n) is 9.16. The average molecular weight is 464 g/mol. The quantitative estimate of drug-likeness (QED) is 0.610. The summed E-state index contributed by atoms with van der Waals surface area (Å²) in [5.41, 5.74) is 1.59. The van der Waals surface area contributed by atoms with Crippen molar-refractivity contribution in [3.05, 3.63) is 56.8 Å². The lowest BCUT2D eigenvalue weighted by Crippen LogP contribution is -2.36. The second kappa shape index (κ2) is 8.34. The van der Waals surface area contributed by atoms with Gasteiger partial charge in [0.1, 0.15) is 11.2 Å². The molecule has 158 valence electrons. The molecule has 2 rings (SSSR count). The Balaban J connectivity index is 2.67. The van der Waals surface area contributed by atoms with Crippen LogP contribution in [0.1, 0.15) is 66.9 Å². The largest absolute Gasteiger partial charge is 0.457 e. The molecule has 0 unspecified atom stereocenters. The zero-order chi connectivity index (χ0) is 22.1. The molecule has 0 spiro atoms. The molecule has 1 aliphatic heterocycles. The number of allylic oxidation sites excluding steroid dienone is 2. The van der Waals surface area contributed by atoms with E-state index in [0.29, 0.717) is 22.5 Å². The minimum atomic E-state index is -0.662. The van der Waals surface area contributed by atoms with Crippen molar-refractivity contribution in [2.24, 2.45) is 0 Å². The standard InChI is InChI=1S/C23H30BrNO4/c1-13-17(20(26)28-22(3,4)5)19(15-11-9-10-12-16(15)24)18(14(2)25-13)21(27)29-23(6,7)8/h9-12,19,25H,1-8H3. The van der Waals surface area contributed by atoms with E-state index < -0.39 is 29.1 Å². The highest BCUT2D eigenvalue weighted by Crippen LogP contribution is 2.42. The summed E-state index contributed by atoms with van der Waals surface area (Å²) in [6.07, 6.45) is 0. The predicted octanol–water partition coefficient (Wildman–Crippen LogP) is 5.37. The number of rotatable bonds is 3. The number of halogens is 1. The Morgan fingerprint density at radius 2 is 1.28 bits per heavy atom. The van der Waals surface area contributed by atoms with Gasteiger partial charge in [0.25, 0.3) is 0 Å². The summed E-state index contributed by atoms with van der Waals surface area (Å²) < 4.78 is 12.2. The van der Waals surface area contributed by atoms with E-state index in [4.69, 9.17) is 9.47 Å². The molecule has 1 aromatic rings. The molecule has 1 N–H and O–H groups in total. The van der Waals surface area contributed by atoms with E-state index in [0.717, 1.165) is 10.0 Å². The Hall–Kier alpha value is -2.08. The fourth-order valence-corrected chi connectivity index (χ4v) is 3.74. The van der Waals surface area contributed by atoms with Crippen LogP contribution in [0.15, 0.2) is 51.3 Å². The molecule has 0 fully saturated rings. The van der Waals surface area contributed by atoms with Crippen molar-refractivity contribution in [3.63, 3.8) is 0 Å². The first kappa shape index (κ1) is 23.2. The molecule has 1 aromatic carbocycles. The van der Waals surface area contributed by atoms with Crippen molar-refractivity contribution in [2.45, 2.75) is 72.5 Å². The molecule has 0 radical (unpaired) electrons. The highest BCUT2D eigenvalue weighted by atomic mass is 79.9. The van der Waals surface area contributed by atoms with Crippen LogP contribution in [0.4, 0.5) is 0 Å². The minimum absolute atomic E-state index is 0.401. The average Bonchev–Trinajstić information content (AvgIpc) is 2.50. The summed E-state index contributed by atoms with van der Waals surface area (Å²) in [5.74, 6) is -1.54. The number of hydrogen-bond acceptors (Lipinski definition) is 5. The minimum Gasteiger partial charge on any atom is -0.457 e. The maximum Gasteiger partial charge on any atom is 0.337 e. The molecule has 0 aliphatic carbocycles. The molecular weight excluding hydrogens is 434 g/mol. The Bertz CT molecular complexity index is 835. The van der Waals surface area contributed by atoms with Crippen LogP contribution in [-0.2, 0) is 19.1 Å². The van der Waals surface area contributed by atoms with Crippen LogP contribution in [0.25, 0.3) is 0 Å². The first-order valence-electron chi connectivity index (χ1n) is 9.61. The van der Waals surface area contributed by atoms with Gasteiger partial charge in [0.15, 0.2) is 0 Å². The lowest BCUT2D eigenvalue weighted by Gasteiger charge is -2.33. The molecule has 1 heterocycles. The van der Waals surface area contributed by atoms with E-state index >= 15 is 0 Å². The summed E-state index contributed by atoms with van der Waals surface area (Å²) in [6, 6.07) is 7.56. The van der Waals surface area contributed by atoms with Crippen LogP contribution in [0, 0.1) is 0 Å². The van der Waals surface area contributed by atoms with Crippen molar-refractivity contribution < 1.29 is 19.1 Å². The normalized spacial score (nSPS) is 15.9. The summed E-state index contributed by atoms with van der Waals surface area (Å²) in [5, 5.41) is 3.17. The zero-order valence-corrected chi connectivity index (χ0v) is 20.0. The Morgan fingerprint density at radius 1 is 0.862 bits per heavy atom. The number of esters is 2. The van der Waals surface area contributed by atoms with Gasteiger partial charge in [-0.05, 0) is 67.0 Å². The van der Waals surface area contributed by atoms with Crippen molar-refractivity contribution in [3.8, 4) is 0 Å². The highest BCUT2D eigenvalue weighted by molar-refractivity contribution is 9.10. The summed E-state index contributed by atoms with van der Waals surface area (Å²) in [7, 11) is 0. The molecule has 6 heteroatoms. The lowest BCUT2D eigenvalue weighted by molar-refractivity contribution is -0.150. The molecule has 0 atom stereocenters. The van der Waals surface area contributed by atoms with Crippen molar-refractivity contribution in [1.29, 1.82) is 0 Å². The second-order valence-corrected chi connectivity index (χ2v) is 10.0. The van der Waals surface area contributed by atoms with Gasteiger partial charge in [0.05, 0.1) is 17.1 Å². The SMILES string of the molecule is CC1=C(C(=O)OC(C)(C)C)C(c2ccccc2Br)C(C(=O)OC(C)(C)C)=C(C)N1. The summed E-state index contributed by atoms with van der Waals surface area (Å²) in [4.78, 5) is 26.3.